The van der Waals surface area contributed by atoms with Gasteiger partial charge in [-0.25, -0.2) is 4.98 Å². The molecule has 0 bridgehead atoms. The van der Waals surface area contributed by atoms with E-state index in [1.165, 1.54) is 48.2 Å². The zero-order chi connectivity index (χ0) is 27.3. The SMILES string of the molecule is N#Cc1ccc(Cn2cncc2CN(CC2CCCCC2)c2ccc3sc(C(=O)N4CCSCC4)cc3c2)cc1. The van der Waals surface area contributed by atoms with Crippen LogP contribution in [0.25, 0.3) is 10.1 Å². The fourth-order valence-electron chi connectivity index (χ4n) is 5.90. The Kier molecular flexibility index (Phi) is 8.40. The molecule has 0 atom stereocenters. The molecule has 3 heterocycles. The maximum atomic E-state index is 13.2. The number of hydrogen-bond donors (Lipinski definition) is 0. The Hall–Kier alpha value is -3.28. The molecule has 2 aromatic carbocycles. The summed E-state index contributed by atoms with van der Waals surface area (Å²) < 4.78 is 3.38. The van der Waals surface area contributed by atoms with Crippen LogP contribution in [0, 0.1) is 17.2 Å². The first-order valence-electron chi connectivity index (χ1n) is 14.3. The molecule has 4 aromatic rings. The number of carbonyl (C=O) groups excluding carboxylic acids is 1. The lowest BCUT2D eigenvalue weighted by Crippen LogP contribution is -2.37. The largest absolute Gasteiger partial charge is 0.365 e. The van der Waals surface area contributed by atoms with Gasteiger partial charge in [-0.2, -0.15) is 17.0 Å². The quantitative estimate of drug-likeness (QED) is 0.234. The van der Waals surface area contributed by atoms with Crippen LogP contribution in [-0.2, 0) is 13.1 Å². The van der Waals surface area contributed by atoms with Crippen molar-refractivity contribution in [3.63, 3.8) is 0 Å². The van der Waals surface area contributed by atoms with Gasteiger partial charge in [0.05, 0.1) is 35.1 Å². The second kappa shape index (κ2) is 12.5. The lowest BCUT2D eigenvalue weighted by molar-refractivity contribution is 0.0777. The number of nitriles is 1. The van der Waals surface area contributed by atoms with E-state index in [-0.39, 0.29) is 5.91 Å². The molecule has 1 saturated heterocycles. The summed E-state index contributed by atoms with van der Waals surface area (Å²) in [5.41, 5.74) is 4.21. The summed E-state index contributed by atoms with van der Waals surface area (Å²) in [6.45, 7) is 4.21. The van der Waals surface area contributed by atoms with Gasteiger partial charge in [0.1, 0.15) is 0 Å². The van der Waals surface area contributed by atoms with Crippen molar-refractivity contribution in [2.24, 2.45) is 5.92 Å². The van der Waals surface area contributed by atoms with Crippen molar-refractivity contribution >= 4 is 44.8 Å². The summed E-state index contributed by atoms with van der Waals surface area (Å²) in [7, 11) is 0. The van der Waals surface area contributed by atoms with Crippen LogP contribution in [0.15, 0.2) is 61.1 Å². The Morgan fingerprint density at radius 1 is 1.05 bits per heavy atom. The summed E-state index contributed by atoms with van der Waals surface area (Å²) in [6.07, 6.45) is 10.4. The van der Waals surface area contributed by atoms with Crippen LogP contribution in [0.4, 0.5) is 5.69 Å². The van der Waals surface area contributed by atoms with E-state index in [0.717, 1.165) is 60.1 Å². The Bertz CT molecular complexity index is 1490. The monoisotopic (exact) mass is 569 g/mol. The second-order valence-corrected chi connectivity index (χ2v) is 13.3. The first kappa shape index (κ1) is 26.9. The molecule has 1 amide bonds. The van der Waals surface area contributed by atoms with Crippen LogP contribution in [0.5, 0.6) is 0 Å². The molecular formula is C32H35N5OS2. The number of thioether (sulfide) groups is 1. The fraction of sp³-hybridized carbons (Fsp3) is 0.406. The maximum Gasteiger partial charge on any atom is 0.264 e. The standard InChI is InChI=1S/C32H35N5OS2/c33-18-24-6-8-26(9-7-24)21-37-23-34-19-29(37)22-36(20-25-4-2-1-3-5-25)28-10-11-30-27(16-28)17-31(40-30)32(38)35-12-14-39-15-13-35/h6-11,16-17,19,23,25H,1-5,12-15,20-22H2. The van der Waals surface area contributed by atoms with E-state index in [1.807, 2.05) is 53.5 Å². The lowest BCUT2D eigenvalue weighted by Gasteiger charge is -2.31. The van der Waals surface area contributed by atoms with Crippen molar-refractivity contribution in [2.45, 2.75) is 45.2 Å². The van der Waals surface area contributed by atoms with Crippen LogP contribution in [0.3, 0.4) is 0 Å². The smallest absolute Gasteiger partial charge is 0.264 e. The van der Waals surface area contributed by atoms with Gasteiger partial charge in [-0.1, -0.05) is 31.4 Å². The van der Waals surface area contributed by atoms with Crippen molar-refractivity contribution in [1.29, 1.82) is 5.26 Å². The molecule has 1 aliphatic carbocycles. The van der Waals surface area contributed by atoms with E-state index in [0.29, 0.717) is 11.5 Å². The minimum absolute atomic E-state index is 0.175. The van der Waals surface area contributed by atoms with Crippen molar-refractivity contribution in [1.82, 2.24) is 14.5 Å². The highest BCUT2D eigenvalue weighted by Crippen LogP contribution is 2.33. The third-order valence-electron chi connectivity index (χ3n) is 8.16. The lowest BCUT2D eigenvalue weighted by atomic mass is 9.89. The third-order valence-corrected chi connectivity index (χ3v) is 10.2. The predicted molar refractivity (Wildman–Crippen MR) is 165 cm³/mol. The van der Waals surface area contributed by atoms with E-state index in [9.17, 15) is 4.79 Å². The van der Waals surface area contributed by atoms with Crippen LogP contribution in [-0.4, -0.2) is 51.5 Å². The topological polar surface area (TPSA) is 65.2 Å². The average Bonchev–Trinajstić information content (AvgIpc) is 3.64. The van der Waals surface area contributed by atoms with Gasteiger partial charge >= 0.3 is 0 Å². The Labute approximate surface area is 244 Å². The van der Waals surface area contributed by atoms with Gasteiger partial charge in [0, 0.05) is 54.3 Å². The summed E-state index contributed by atoms with van der Waals surface area (Å²) in [4.78, 5) is 23.1. The number of aromatic nitrogens is 2. The Balaban J connectivity index is 1.25. The van der Waals surface area contributed by atoms with Gasteiger partial charge in [-0.15, -0.1) is 11.3 Å². The molecule has 1 saturated carbocycles. The zero-order valence-electron chi connectivity index (χ0n) is 22.8. The molecule has 0 spiro atoms. The average molecular weight is 570 g/mol. The van der Waals surface area contributed by atoms with Crippen LogP contribution in [0.1, 0.15) is 58.6 Å². The van der Waals surface area contributed by atoms with Gasteiger partial charge in [0.25, 0.3) is 5.91 Å². The van der Waals surface area contributed by atoms with Crippen LogP contribution < -0.4 is 4.90 Å². The third kappa shape index (κ3) is 6.21. The van der Waals surface area contributed by atoms with Gasteiger partial charge in [-0.05, 0) is 66.1 Å². The van der Waals surface area contributed by atoms with E-state index >= 15 is 0 Å². The highest BCUT2D eigenvalue weighted by Gasteiger charge is 2.22. The van der Waals surface area contributed by atoms with Crippen molar-refractivity contribution in [3.8, 4) is 6.07 Å². The van der Waals surface area contributed by atoms with Crippen molar-refractivity contribution < 1.29 is 4.79 Å². The van der Waals surface area contributed by atoms with E-state index in [1.54, 1.807) is 11.3 Å². The number of amides is 1. The van der Waals surface area contributed by atoms with E-state index in [2.05, 4.69) is 44.8 Å². The number of thiophene rings is 1. The highest BCUT2D eigenvalue weighted by atomic mass is 32.2. The number of hydrogen-bond acceptors (Lipinski definition) is 6. The summed E-state index contributed by atoms with van der Waals surface area (Å²) in [5, 5.41) is 10.3. The Morgan fingerprint density at radius 3 is 2.62 bits per heavy atom. The summed E-state index contributed by atoms with van der Waals surface area (Å²) in [6, 6.07) is 18.8. The van der Waals surface area contributed by atoms with Crippen molar-refractivity contribution in [2.75, 3.05) is 36.0 Å². The molecule has 2 aromatic heterocycles. The first-order valence-corrected chi connectivity index (χ1v) is 16.3. The molecule has 1 aliphatic heterocycles. The summed E-state index contributed by atoms with van der Waals surface area (Å²) >= 11 is 3.54. The first-order chi connectivity index (χ1) is 19.7. The number of imidazole rings is 1. The minimum Gasteiger partial charge on any atom is -0.365 e. The van der Waals surface area contributed by atoms with E-state index in [4.69, 9.17) is 5.26 Å². The maximum absolute atomic E-state index is 13.2. The summed E-state index contributed by atoms with van der Waals surface area (Å²) in [5.74, 6) is 2.92. The highest BCUT2D eigenvalue weighted by molar-refractivity contribution is 7.99. The molecule has 0 N–H and O–H groups in total. The van der Waals surface area contributed by atoms with Crippen LogP contribution >= 0.6 is 23.1 Å². The van der Waals surface area contributed by atoms with Gasteiger partial charge in [0.15, 0.2) is 0 Å². The number of carbonyl (C=O) groups is 1. The van der Waals surface area contributed by atoms with Crippen LogP contribution in [0.2, 0.25) is 0 Å². The number of anilines is 1. The van der Waals surface area contributed by atoms with Crippen molar-refractivity contribution in [3.05, 3.63) is 82.8 Å². The normalized spacial score (nSPS) is 16.2. The molecule has 40 heavy (non-hydrogen) atoms. The molecule has 8 heteroatoms. The van der Waals surface area contributed by atoms with Gasteiger partial charge in [-0.3, -0.25) is 4.79 Å². The predicted octanol–water partition coefficient (Wildman–Crippen LogP) is 6.79. The van der Waals surface area contributed by atoms with Gasteiger partial charge < -0.3 is 14.4 Å². The Morgan fingerprint density at radius 2 is 1.85 bits per heavy atom. The zero-order valence-corrected chi connectivity index (χ0v) is 24.4. The number of fused-ring (bicyclic) bond motifs is 1. The molecule has 6 nitrogen and oxygen atoms in total. The molecule has 0 radical (unpaired) electrons. The second-order valence-electron chi connectivity index (χ2n) is 10.9. The van der Waals surface area contributed by atoms with E-state index < -0.39 is 0 Å². The minimum atomic E-state index is 0.175. The molecule has 2 aliphatic rings. The molecular weight excluding hydrogens is 535 g/mol. The fourth-order valence-corrected chi connectivity index (χ4v) is 7.81. The molecule has 0 unspecified atom stereocenters. The number of nitrogens with zero attached hydrogens (tertiary/aromatic N) is 5. The molecule has 206 valence electrons. The molecule has 6 rings (SSSR count). The molecule has 2 fully saturated rings. The van der Waals surface area contributed by atoms with Gasteiger partial charge in [0.2, 0.25) is 0 Å². The number of rotatable bonds is 8. The number of benzene rings is 2.